The number of esters is 1. The SMILES string of the molecule is CC(OC(=O)c1cc(-c2ccc(N3C(=O)C4C5C=CC(C6CC56)C4C3=O)cc2)nc2c(Cl)cccc12)C(=O)c1ccc(OCc2ccccc2)cc1. The molecule has 258 valence electrons. The van der Waals surface area contributed by atoms with Crippen LogP contribution < -0.4 is 9.64 Å². The van der Waals surface area contributed by atoms with E-state index in [1.165, 1.54) is 11.8 Å². The number of ketones is 1. The van der Waals surface area contributed by atoms with Crippen LogP contribution in [0.15, 0.2) is 115 Å². The molecule has 2 heterocycles. The molecule has 1 saturated heterocycles. The average molecular weight is 709 g/mol. The van der Waals surface area contributed by atoms with Gasteiger partial charge in [-0.25, -0.2) is 9.78 Å². The molecule has 5 aliphatic rings. The van der Waals surface area contributed by atoms with Crippen LogP contribution in [0.25, 0.3) is 22.2 Å². The van der Waals surface area contributed by atoms with Gasteiger partial charge in [-0.1, -0.05) is 78.4 Å². The fraction of sp³-hybridized carbons (Fsp3) is 0.233. The normalized spacial score (nSPS) is 24.4. The van der Waals surface area contributed by atoms with Gasteiger partial charge >= 0.3 is 5.97 Å². The second-order valence-corrected chi connectivity index (χ2v) is 14.5. The number of carbonyl (C=O) groups is 4. The van der Waals surface area contributed by atoms with Gasteiger partial charge in [0.15, 0.2) is 6.10 Å². The van der Waals surface area contributed by atoms with Crippen molar-refractivity contribution in [1.82, 2.24) is 4.98 Å². The van der Waals surface area contributed by atoms with Crippen LogP contribution in [0.2, 0.25) is 5.02 Å². The smallest absolute Gasteiger partial charge is 0.339 e. The second-order valence-electron chi connectivity index (χ2n) is 14.1. The molecule has 52 heavy (non-hydrogen) atoms. The number of halogens is 1. The van der Waals surface area contributed by atoms with Crippen LogP contribution in [0.3, 0.4) is 0 Å². The first kappa shape index (κ1) is 32.3. The van der Waals surface area contributed by atoms with Gasteiger partial charge < -0.3 is 9.47 Å². The van der Waals surface area contributed by atoms with E-state index in [4.69, 9.17) is 26.1 Å². The molecule has 10 rings (SSSR count). The summed E-state index contributed by atoms with van der Waals surface area (Å²) in [6, 6.07) is 30.3. The lowest BCUT2D eigenvalue weighted by molar-refractivity contribution is -0.124. The third kappa shape index (κ3) is 5.40. The highest BCUT2D eigenvalue weighted by Gasteiger charge is 2.67. The third-order valence-corrected chi connectivity index (χ3v) is 11.4. The summed E-state index contributed by atoms with van der Waals surface area (Å²) in [5.74, 6) is 0.0989. The average Bonchev–Trinajstić information content (AvgIpc) is 3.96. The quantitative estimate of drug-likeness (QED) is 0.0660. The minimum atomic E-state index is -1.08. The molecule has 8 nitrogen and oxygen atoms in total. The van der Waals surface area contributed by atoms with E-state index in [1.807, 2.05) is 30.3 Å². The Morgan fingerprint density at radius 1 is 0.846 bits per heavy atom. The molecule has 2 saturated carbocycles. The first-order valence-corrected chi connectivity index (χ1v) is 17.9. The topological polar surface area (TPSA) is 103 Å². The van der Waals surface area contributed by atoms with E-state index in [-0.39, 0.29) is 46.8 Å². The van der Waals surface area contributed by atoms with Crippen molar-refractivity contribution in [1.29, 1.82) is 0 Å². The fourth-order valence-electron chi connectivity index (χ4n) is 8.49. The number of ether oxygens (including phenoxy) is 2. The minimum absolute atomic E-state index is 0.121. The molecular formula is C43H33ClN2O6. The summed E-state index contributed by atoms with van der Waals surface area (Å²) in [5, 5.41) is 0.829. The van der Waals surface area contributed by atoms with Crippen LogP contribution in [0, 0.1) is 35.5 Å². The van der Waals surface area contributed by atoms with Crippen molar-refractivity contribution < 1.29 is 28.7 Å². The van der Waals surface area contributed by atoms with Crippen LogP contribution in [0.1, 0.15) is 39.6 Å². The lowest BCUT2D eigenvalue weighted by atomic mass is 9.63. The lowest BCUT2D eigenvalue weighted by Gasteiger charge is -2.37. The number of anilines is 1. The van der Waals surface area contributed by atoms with Crippen molar-refractivity contribution in [2.75, 3.05) is 4.90 Å². The molecule has 3 fully saturated rings. The van der Waals surface area contributed by atoms with Gasteiger partial charge in [-0.15, -0.1) is 0 Å². The molecule has 2 amide bonds. The highest BCUT2D eigenvalue weighted by Crippen LogP contribution is 2.65. The van der Waals surface area contributed by atoms with E-state index in [1.54, 1.807) is 72.8 Å². The number of amides is 2. The van der Waals surface area contributed by atoms with E-state index in [0.29, 0.717) is 62.6 Å². The Balaban J connectivity index is 0.934. The van der Waals surface area contributed by atoms with Gasteiger partial charge in [-0.3, -0.25) is 19.3 Å². The maximum Gasteiger partial charge on any atom is 0.339 e. The number of nitrogens with zero attached hydrogens (tertiary/aromatic N) is 2. The van der Waals surface area contributed by atoms with E-state index < -0.39 is 12.1 Å². The minimum Gasteiger partial charge on any atom is -0.489 e. The van der Waals surface area contributed by atoms with Gasteiger partial charge in [0.05, 0.1) is 39.3 Å². The number of benzene rings is 4. The Morgan fingerprint density at radius 2 is 1.52 bits per heavy atom. The number of aromatic nitrogens is 1. The van der Waals surface area contributed by atoms with Crippen LogP contribution in [-0.2, 0) is 20.9 Å². The fourth-order valence-corrected chi connectivity index (χ4v) is 8.71. The van der Waals surface area contributed by atoms with Crippen molar-refractivity contribution in [3.8, 4) is 17.0 Å². The molecule has 0 radical (unpaired) electrons. The van der Waals surface area contributed by atoms with Crippen LogP contribution in [0.5, 0.6) is 5.75 Å². The summed E-state index contributed by atoms with van der Waals surface area (Å²) in [6.07, 6.45) is 4.35. The Hall–Kier alpha value is -5.60. The molecule has 7 unspecified atom stereocenters. The van der Waals surface area contributed by atoms with E-state index in [2.05, 4.69) is 12.2 Å². The summed E-state index contributed by atoms with van der Waals surface area (Å²) in [4.78, 5) is 60.5. The standard InChI is InChI=1S/C43H33ClN2O6/c1-23(40(47)26-12-16-28(17-13-26)51-22-24-6-3-2-4-7-24)52-43(50)34-21-36(45-39-31(34)8-5-9-35(39)44)25-10-14-27(15-11-25)46-41(48)37-29-18-19-30(33-20-32(29)33)38(37)42(46)49/h2-19,21,23,29-30,32-33,37-38H,20,22H2,1H3. The number of imide groups is 1. The molecule has 0 N–H and O–H groups in total. The van der Waals surface area contributed by atoms with Crippen LogP contribution in [-0.4, -0.2) is 34.7 Å². The molecule has 5 aromatic rings. The van der Waals surface area contributed by atoms with Crippen molar-refractivity contribution in [2.45, 2.75) is 26.1 Å². The first-order valence-electron chi connectivity index (χ1n) is 17.5. The highest BCUT2D eigenvalue weighted by molar-refractivity contribution is 6.35. The molecule has 4 aromatic carbocycles. The number of pyridine rings is 1. The summed E-state index contributed by atoms with van der Waals surface area (Å²) in [5.41, 5.74) is 3.62. The van der Waals surface area contributed by atoms with Gasteiger partial charge in [0, 0.05) is 16.5 Å². The number of para-hydroxylation sites is 1. The van der Waals surface area contributed by atoms with Gasteiger partial charge in [-0.05, 0) is 91.1 Å². The van der Waals surface area contributed by atoms with Crippen molar-refractivity contribution in [2.24, 2.45) is 35.5 Å². The third-order valence-electron chi connectivity index (χ3n) is 11.1. The lowest BCUT2D eigenvalue weighted by Crippen LogP contribution is -2.40. The predicted octanol–water partition coefficient (Wildman–Crippen LogP) is 8.12. The molecule has 9 heteroatoms. The largest absolute Gasteiger partial charge is 0.489 e. The Kier molecular flexibility index (Phi) is 7.81. The number of fused-ring (bicyclic) bond motifs is 1. The number of hydrogen-bond donors (Lipinski definition) is 0. The number of rotatable bonds is 9. The maximum absolute atomic E-state index is 13.7. The number of hydrogen-bond acceptors (Lipinski definition) is 7. The summed E-state index contributed by atoms with van der Waals surface area (Å²) < 4.78 is 11.6. The van der Waals surface area contributed by atoms with Gasteiger partial charge in [-0.2, -0.15) is 0 Å². The van der Waals surface area contributed by atoms with Gasteiger partial charge in [0.1, 0.15) is 12.4 Å². The molecule has 2 bridgehead atoms. The van der Waals surface area contributed by atoms with Gasteiger partial charge in [0.25, 0.3) is 0 Å². The molecule has 1 aromatic heterocycles. The van der Waals surface area contributed by atoms with Crippen molar-refractivity contribution >= 4 is 51.8 Å². The Morgan fingerprint density at radius 3 is 2.19 bits per heavy atom. The summed E-state index contributed by atoms with van der Waals surface area (Å²) in [7, 11) is 0. The zero-order chi connectivity index (χ0) is 35.7. The molecular weight excluding hydrogens is 676 g/mol. The zero-order valence-electron chi connectivity index (χ0n) is 28.1. The monoisotopic (exact) mass is 708 g/mol. The van der Waals surface area contributed by atoms with Gasteiger partial charge in [0.2, 0.25) is 17.6 Å². The Labute approximate surface area is 305 Å². The summed E-state index contributed by atoms with van der Waals surface area (Å²) in [6.45, 7) is 1.94. The van der Waals surface area contributed by atoms with E-state index in [0.717, 1.165) is 12.0 Å². The second kappa shape index (κ2) is 12.6. The Bertz CT molecular complexity index is 2270. The van der Waals surface area contributed by atoms with E-state index >= 15 is 0 Å². The molecule has 7 atom stereocenters. The first-order chi connectivity index (χ1) is 25.3. The summed E-state index contributed by atoms with van der Waals surface area (Å²) >= 11 is 6.58. The van der Waals surface area contributed by atoms with E-state index in [9.17, 15) is 19.2 Å². The number of carbonyl (C=O) groups excluding carboxylic acids is 4. The number of allylic oxidation sites excluding steroid dienone is 2. The zero-order valence-corrected chi connectivity index (χ0v) is 28.9. The predicted molar refractivity (Wildman–Crippen MR) is 196 cm³/mol. The van der Waals surface area contributed by atoms with Crippen molar-refractivity contribution in [3.05, 3.63) is 137 Å². The maximum atomic E-state index is 13.7. The highest BCUT2D eigenvalue weighted by atomic mass is 35.5. The molecule has 1 aliphatic heterocycles. The van der Waals surface area contributed by atoms with Crippen LogP contribution in [0.4, 0.5) is 5.69 Å². The molecule has 0 spiro atoms. The van der Waals surface area contributed by atoms with Crippen molar-refractivity contribution in [3.63, 3.8) is 0 Å². The van der Waals surface area contributed by atoms with Crippen LogP contribution >= 0.6 is 11.6 Å². The molecule has 4 aliphatic carbocycles. The number of Topliss-reactive ketones (excluding diaryl/α,β-unsaturated/α-hetero) is 1.